The summed E-state index contributed by atoms with van der Waals surface area (Å²) in [6, 6.07) is 0.402. The zero-order valence-corrected chi connectivity index (χ0v) is 9.65. The Hall–Kier alpha value is -0.650. The molecule has 2 aliphatic rings. The van der Waals surface area contributed by atoms with E-state index in [2.05, 4.69) is 4.90 Å². The molecule has 2 unspecified atom stereocenters. The van der Waals surface area contributed by atoms with E-state index in [-0.39, 0.29) is 5.91 Å². The highest BCUT2D eigenvalue weighted by atomic mass is 16.5. The van der Waals surface area contributed by atoms with Crippen molar-refractivity contribution in [3.8, 4) is 0 Å². The molecule has 16 heavy (non-hydrogen) atoms. The Labute approximate surface area is 96.1 Å². The highest BCUT2D eigenvalue weighted by Gasteiger charge is 2.42. The quantitative estimate of drug-likeness (QED) is 0.663. The Bertz CT molecular complexity index is 264. The van der Waals surface area contributed by atoms with Crippen LogP contribution >= 0.6 is 0 Å². The van der Waals surface area contributed by atoms with Crippen LogP contribution in [-0.4, -0.2) is 48.7 Å². The first kappa shape index (κ1) is 11.8. The molecule has 0 aromatic rings. The van der Waals surface area contributed by atoms with Gasteiger partial charge in [-0.05, 0) is 25.7 Å². The summed E-state index contributed by atoms with van der Waals surface area (Å²) in [7, 11) is 0. The van der Waals surface area contributed by atoms with Crippen molar-refractivity contribution in [2.75, 3.05) is 26.3 Å². The SMILES string of the molecule is NC(=O)C1(N)CCC(N2CCCOCC2)C1. The van der Waals surface area contributed by atoms with Crippen molar-refractivity contribution in [1.82, 2.24) is 4.90 Å². The van der Waals surface area contributed by atoms with Gasteiger partial charge in [0.25, 0.3) is 0 Å². The first-order valence-corrected chi connectivity index (χ1v) is 6.02. The Morgan fingerprint density at radius 2 is 2.19 bits per heavy atom. The molecule has 1 heterocycles. The minimum absolute atomic E-state index is 0.360. The van der Waals surface area contributed by atoms with Gasteiger partial charge in [0.15, 0.2) is 0 Å². The molecule has 1 amide bonds. The first-order valence-electron chi connectivity index (χ1n) is 6.02. The number of primary amides is 1. The smallest absolute Gasteiger partial charge is 0.237 e. The van der Waals surface area contributed by atoms with Crippen LogP contribution in [0.5, 0.6) is 0 Å². The zero-order chi connectivity index (χ0) is 11.6. The molecule has 0 aromatic carbocycles. The molecule has 0 bridgehead atoms. The van der Waals surface area contributed by atoms with Gasteiger partial charge < -0.3 is 16.2 Å². The summed E-state index contributed by atoms with van der Waals surface area (Å²) in [5, 5.41) is 0. The van der Waals surface area contributed by atoms with Gasteiger partial charge >= 0.3 is 0 Å². The zero-order valence-electron chi connectivity index (χ0n) is 9.65. The Balaban J connectivity index is 1.94. The summed E-state index contributed by atoms with van der Waals surface area (Å²) in [5.74, 6) is -0.360. The molecule has 2 atom stereocenters. The van der Waals surface area contributed by atoms with E-state index in [9.17, 15) is 4.79 Å². The van der Waals surface area contributed by atoms with Gasteiger partial charge in [-0.3, -0.25) is 9.69 Å². The fraction of sp³-hybridized carbons (Fsp3) is 0.909. The van der Waals surface area contributed by atoms with E-state index in [0.29, 0.717) is 18.9 Å². The number of hydrogen-bond donors (Lipinski definition) is 2. The van der Waals surface area contributed by atoms with Gasteiger partial charge in [-0.15, -0.1) is 0 Å². The second-order valence-corrected chi connectivity index (χ2v) is 4.92. The molecule has 5 heteroatoms. The van der Waals surface area contributed by atoms with Crippen molar-refractivity contribution >= 4 is 5.91 Å². The van der Waals surface area contributed by atoms with E-state index >= 15 is 0 Å². The number of hydrogen-bond acceptors (Lipinski definition) is 4. The maximum atomic E-state index is 11.3. The van der Waals surface area contributed by atoms with Crippen molar-refractivity contribution in [2.45, 2.75) is 37.3 Å². The van der Waals surface area contributed by atoms with Crippen molar-refractivity contribution in [3.05, 3.63) is 0 Å². The monoisotopic (exact) mass is 227 g/mol. The van der Waals surface area contributed by atoms with Crippen LogP contribution in [0.25, 0.3) is 0 Å². The molecule has 0 aromatic heterocycles. The molecule has 2 rings (SSSR count). The van der Waals surface area contributed by atoms with E-state index in [1.54, 1.807) is 0 Å². The van der Waals surface area contributed by atoms with E-state index in [4.69, 9.17) is 16.2 Å². The van der Waals surface area contributed by atoms with Gasteiger partial charge in [0.2, 0.25) is 5.91 Å². The van der Waals surface area contributed by atoms with Gasteiger partial charge in [-0.1, -0.05) is 0 Å². The lowest BCUT2D eigenvalue weighted by molar-refractivity contribution is -0.123. The first-order chi connectivity index (χ1) is 7.62. The molecular formula is C11H21N3O2. The fourth-order valence-corrected chi connectivity index (χ4v) is 2.71. The van der Waals surface area contributed by atoms with Crippen LogP contribution < -0.4 is 11.5 Å². The summed E-state index contributed by atoms with van der Waals surface area (Å²) in [4.78, 5) is 13.7. The summed E-state index contributed by atoms with van der Waals surface area (Å²) in [5.41, 5.74) is 10.6. The van der Waals surface area contributed by atoms with Crippen molar-refractivity contribution < 1.29 is 9.53 Å². The molecule has 4 N–H and O–H groups in total. The Kier molecular flexibility index (Phi) is 3.47. The van der Waals surface area contributed by atoms with Gasteiger partial charge in [0, 0.05) is 25.7 Å². The van der Waals surface area contributed by atoms with Crippen LogP contribution in [0.15, 0.2) is 0 Å². The molecule has 0 spiro atoms. The van der Waals surface area contributed by atoms with Crippen LogP contribution in [0.1, 0.15) is 25.7 Å². The summed E-state index contributed by atoms with van der Waals surface area (Å²) >= 11 is 0. The Morgan fingerprint density at radius 1 is 1.38 bits per heavy atom. The third kappa shape index (κ3) is 2.36. The van der Waals surface area contributed by atoms with Gasteiger partial charge in [-0.2, -0.15) is 0 Å². The largest absolute Gasteiger partial charge is 0.380 e. The highest BCUT2D eigenvalue weighted by Crippen LogP contribution is 2.31. The second kappa shape index (κ2) is 4.69. The molecule has 2 fully saturated rings. The lowest BCUT2D eigenvalue weighted by Gasteiger charge is -2.28. The third-order valence-electron chi connectivity index (χ3n) is 3.79. The van der Waals surface area contributed by atoms with E-state index in [0.717, 1.165) is 39.1 Å². The predicted octanol–water partition coefficient (Wildman–Crippen LogP) is -0.556. The van der Waals surface area contributed by atoms with Crippen LogP contribution in [0.2, 0.25) is 0 Å². The number of carbonyl (C=O) groups excluding carboxylic acids is 1. The third-order valence-corrected chi connectivity index (χ3v) is 3.79. The van der Waals surface area contributed by atoms with Crippen molar-refractivity contribution in [1.29, 1.82) is 0 Å². The van der Waals surface area contributed by atoms with Crippen LogP contribution in [0.3, 0.4) is 0 Å². The predicted molar refractivity (Wildman–Crippen MR) is 60.8 cm³/mol. The highest BCUT2D eigenvalue weighted by molar-refractivity contribution is 5.84. The van der Waals surface area contributed by atoms with Gasteiger partial charge in [0.1, 0.15) is 0 Å². The number of nitrogens with zero attached hydrogens (tertiary/aromatic N) is 1. The maximum Gasteiger partial charge on any atom is 0.237 e. The van der Waals surface area contributed by atoms with E-state index in [1.165, 1.54) is 0 Å². The number of rotatable bonds is 2. The lowest BCUT2D eigenvalue weighted by atomic mass is 9.98. The second-order valence-electron chi connectivity index (χ2n) is 4.92. The summed E-state index contributed by atoms with van der Waals surface area (Å²) in [6.45, 7) is 3.61. The minimum Gasteiger partial charge on any atom is -0.380 e. The number of carbonyl (C=O) groups is 1. The van der Waals surface area contributed by atoms with Gasteiger partial charge in [-0.25, -0.2) is 0 Å². The molecule has 92 valence electrons. The average Bonchev–Trinajstić information content (AvgIpc) is 2.51. The molecular weight excluding hydrogens is 206 g/mol. The standard InChI is InChI=1S/C11H21N3O2/c12-10(15)11(13)3-2-9(8-11)14-4-1-6-16-7-5-14/h9H,1-8,13H2,(H2,12,15). The molecule has 1 saturated heterocycles. The Morgan fingerprint density at radius 3 is 2.88 bits per heavy atom. The molecule has 1 saturated carbocycles. The maximum absolute atomic E-state index is 11.3. The van der Waals surface area contributed by atoms with Crippen molar-refractivity contribution in [2.24, 2.45) is 11.5 Å². The van der Waals surface area contributed by atoms with Crippen LogP contribution in [-0.2, 0) is 9.53 Å². The number of ether oxygens (including phenoxy) is 1. The topological polar surface area (TPSA) is 81.6 Å². The lowest BCUT2D eigenvalue weighted by Crippen LogP contribution is -2.51. The fourth-order valence-electron chi connectivity index (χ4n) is 2.71. The normalized spacial score (nSPS) is 37.2. The molecule has 1 aliphatic carbocycles. The molecule has 0 radical (unpaired) electrons. The van der Waals surface area contributed by atoms with E-state index in [1.807, 2.05) is 0 Å². The number of nitrogens with two attached hydrogens (primary N) is 2. The van der Waals surface area contributed by atoms with Crippen LogP contribution in [0.4, 0.5) is 0 Å². The summed E-state index contributed by atoms with van der Waals surface area (Å²) in [6.07, 6.45) is 3.44. The van der Waals surface area contributed by atoms with Gasteiger partial charge in [0.05, 0.1) is 12.1 Å². The number of amides is 1. The molecule has 5 nitrogen and oxygen atoms in total. The van der Waals surface area contributed by atoms with Crippen LogP contribution in [0, 0.1) is 0 Å². The average molecular weight is 227 g/mol. The minimum atomic E-state index is -0.780. The van der Waals surface area contributed by atoms with E-state index < -0.39 is 5.54 Å². The van der Waals surface area contributed by atoms with Crippen molar-refractivity contribution in [3.63, 3.8) is 0 Å². The molecule has 1 aliphatic heterocycles. The summed E-state index contributed by atoms with van der Waals surface area (Å²) < 4.78 is 5.42.